The predicted molar refractivity (Wildman–Crippen MR) is 49.8 cm³/mol. The molecule has 0 aliphatic carbocycles. The predicted octanol–water partition coefficient (Wildman–Crippen LogP) is 0.0479. The van der Waals surface area contributed by atoms with Gasteiger partial charge in [-0.15, -0.1) is 3.89 Å². The Balaban J connectivity index is 2.49. The van der Waals surface area contributed by atoms with Crippen molar-refractivity contribution in [3.05, 3.63) is 0 Å². The van der Waals surface area contributed by atoms with Gasteiger partial charge < -0.3 is 4.90 Å². The Bertz CT molecular complexity index is 387. The fourth-order valence-corrected chi connectivity index (χ4v) is 2.43. The highest BCUT2D eigenvalue weighted by molar-refractivity contribution is 7.86. The number of hydrogen-bond donors (Lipinski definition) is 0. The van der Waals surface area contributed by atoms with Gasteiger partial charge in [-0.05, 0) is 0 Å². The lowest BCUT2D eigenvalue weighted by atomic mass is 10.1. The molecule has 1 aliphatic heterocycles. The molecule has 7 heteroatoms. The van der Waals surface area contributed by atoms with Crippen molar-refractivity contribution in [2.45, 2.75) is 12.8 Å². The Morgan fingerprint density at radius 2 is 2.27 bits per heavy atom. The molecule has 0 aromatic carbocycles. The van der Waals surface area contributed by atoms with E-state index in [-0.39, 0.29) is 31.8 Å². The van der Waals surface area contributed by atoms with Gasteiger partial charge in [0.05, 0.1) is 18.2 Å². The lowest BCUT2D eigenvalue weighted by molar-refractivity contribution is -0.127. The lowest BCUT2D eigenvalue weighted by Gasteiger charge is -2.13. The van der Waals surface area contributed by atoms with E-state index in [2.05, 4.69) is 0 Å². The zero-order valence-electron chi connectivity index (χ0n) is 8.02. The number of likely N-dealkylation sites (tertiary alicyclic amines) is 1. The fraction of sp³-hybridized carbons (Fsp3) is 0.750. The Kier molecular flexibility index (Phi) is 3.63. The van der Waals surface area contributed by atoms with Gasteiger partial charge in [0.2, 0.25) is 5.91 Å². The molecule has 0 N–H and O–H groups in total. The molecule has 1 saturated heterocycles. The maximum absolute atomic E-state index is 12.3. The van der Waals surface area contributed by atoms with Crippen molar-refractivity contribution >= 4 is 16.1 Å². The summed E-state index contributed by atoms with van der Waals surface area (Å²) in [5, 5.41) is 8.32. The zero-order valence-corrected chi connectivity index (χ0v) is 8.83. The number of halogens is 1. The molecular formula is C8H11FN2O3S. The Morgan fingerprint density at radius 3 is 2.80 bits per heavy atom. The van der Waals surface area contributed by atoms with E-state index in [1.807, 2.05) is 6.07 Å². The van der Waals surface area contributed by atoms with Crippen molar-refractivity contribution in [1.82, 2.24) is 4.90 Å². The second kappa shape index (κ2) is 4.57. The van der Waals surface area contributed by atoms with E-state index in [0.717, 1.165) is 0 Å². The van der Waals surface area contributed by atoms with Crippen molar-refractivity contribution in [2.75, 3.05) is 18.8 Å². The van der Waals surface area contributed by atoms with Crippen LogP contribution in [0.3, 0.4) is 0 Å². The molecule has 1 aliphatic rings. The number of amides is 1. The Hall–Kier alpha value is -1.16. The van der Waals surface area contributed by atoms with Crippen LogP contribution in [-0.2, 0) is 15.0 Å². The maximum Gasteiger partial charge on any atom is 0.302 e. The van der Waals surface area contributed by atoms with E-state index >= 15 is 0 Å². The van der Waals surface area contributed by atoms with E-state index in [1.165, 1.54) is 4.90 Å². The first-order chi connectivity index (χ1) is 6.92. The van der Waals surface area contributed by atoms with Crippen molar-refractivity contribution in [2.24, 2.45) is 5.92 Å². The molecule has 1 unspecified atom stereocenters. The Morgan fingerprint density at radius 1 is 1.60 bits per heavy atom. The minimum absolute atomic E-state index is 0.0502. The zero-order chi connectivity index (χ0) is 11.5. The molecule has 1 amide bonds. The first-order valence-electron chi connectivity index (χ1n) is 4.49. The van der Waals surface area contributed by atoms with Crippen LogP contribution in [0.5, 0.6) is 0 Å². The van der Waals surface area contributed by atoms with E-state index < -0.39 is 21.9 Å². The van der Waals surface area contributed by atoms with Gasteiger partial charge in [0.15, 0.2) is 0 Å². The molecule has 1 atom stereocenters. The fourth-order valence-electron chi connectivity index (χ4n) is 1.65. The van der Waals surface area contributed by atoms with Crippen molar-refractivity contribution in [3.8, 4) is 6.07 Å². The molecule has 84 valence electrons. The summed E-state index contributed by atoms with van der Waals surface area (Å²) in [5.41, 5.74) is 0. The van der Waals surface area contributed by atoms with Crippen LogP contribution in [0, 0.1) is 17.2 Å². The summed E-state index contributed by atoms with van der Waals surface area (Å²) in [6.07, 6.45) is 0.259. The summed E-state index contributed by atoms with van der Waals surface area (Å²) < 4.78 is 33.1. The first-order valence-corrected chi connectivity index (χ1v) is 6.04. The van der Waals surface area contributed by atoms with Crippen LogP contribution in [0.2, 0.25) is 0 Å². The second-order valence-corrected chi connectivity index (χ2v) is 4.93. The molecule has 0 bridgehead atoms. The summed E-state index contributed by atoms with van der Waals surface area (Å²) in [6.45, 7) is 0.516. The van der Waals surface area contributed by atoms with Gasteiger partial charge in [0.1, 0.15) is 0 Å². The highest BCUT2D eigenvalue weighted by atomic mass is 32.3. The third kappa shape index (κ3) is 3.83. The maximum atomic E-state index is 12.3. The molecule has 0 aromatic heterocycles. The molecule has 0 spiro atoms. The lowest BCUT2D eigenvalue weighted by Crippen LogP contribution is -2.26. The van der Waals surface area contributed by atoms with Crippen molar-refractivity contribution < 1.29 is 17.1 Å². The monoisotopic (exact) mass is 234 g/mol. The minimum atomic E-state index is -4.52. The highest BCUT2D eigenvalue weighted by Gasteiger charge is 2.32. The van der Waals surface area contributed by atoms with Gasteiger partial charge in [-0.25, -0.2) is 0 Å². The third-order valence-corrected chi connectivity index (χ3v) is 3.09. The van der Waals surface area contributed by atoms with Crippen LogP contribution in [0.4, 0.5) is 3.89 Å². The van der Waals surface area contributed by atoms with Crippen LogP contribution < -0.4 is 0 Å². The first kappa shape index (κ1) is 11.9. The van der Waals surface area contributed by atoms with Gasteiger partial charge in [-0.3, -0.25) is 4.79 Å². The molecule has 0 saturated carbocycles. The number of rotatable bonds is 4. The number of carbonyl (C=O) groups excluding carboxylic acids is 1. The Labute approximate surface area is 87.7 Å². The standard InChI is InChI=1S/C8H11FN2O3S/c9-15(13,14)6-7-4-8(12)11(5-7)3-1-2-10/h7H,1,3-6H2. The summed E-state index contributed by atoms with van der Waals surface area (Å²) in [6, 6.07) is 1.89. The van der Waals surface area contributed by atoms with Gasteiger partial charge in [-0.1, -0.05) is 0 Å². The van der Waals surface area contributed by atoms with E-state index in [4.69, 9.17) is 5.26 Å². The van der Waals surface area contributed by atoms with E-state index in [0.29, 0.717) is 0 Å². The second-order valence-electron chi connectivity index (χ2n) is 3.52. The summed E-state index contributed by atoms with van der Waals surface area (Å²) >= 11 is 0. The molecule has 1 fully saturated rings. The van der Waals surface area contributed by atoms with E-state index in [9.17, 15) is 17.1 Å². The number of nitriles is 1. The molecule has 1 rings (SSSR count). The molecule has 5 nitrogen and oxygen atoms in total. The number of carbonyl (C=O) groups is 1. The molecule has 15 heavy (non-hydrogen) atoms. The minimum Gasteiger partial charge on any atom is -0.341 e. The van der Waals surface area contributed by atoms with Crippen molar-refractivity contribution in [3.63, 3.8) is 0 Å². The SMILES string of the molecule is N#CCCN1CC(CS(=O)(=O)F)CC1=O. The smallest absolute Gasteiger partial charge is 0.302 e. The molecular weight excluding hydrogens is 223 g/mol. The molecule has 1 heterocycles. The van der Waals surface area contributed by atoms with E-state index in [1.54, 1.807) is 0 Å². The number of hydrogen-bond acceptors (Lipinski definition) is 4. The topological polar surface area (TPSA) is 78.2 Å². The number of nitrogens with zero attached hydrogens (tertiary/aromatic N) is 2. The van der Waals surface area contributed by atoms with Crippen LogP contribution >= 0.6 is 0 Å². The molecule has 0 aromatic rings. The largest absolute Gasteiger partial charge is 0.341 e. The van der Waals surface area contributed by atoms with Crippen molar-refractivity contribution in [1.29, 1.82) is 5.26 Å². The van der Waals surface area contributed by atoms with Crippen LogP contribution in [-0.4, -0.2) is 38.1 Å². The van der Waals surface area contributed by atoms with Crippen LogP contribution in [0.25, 0.3) is 0 Å². The average Bonchev–Trinajstić information content (AvgIpc) is 2.39. The van der Waals surface area contributed by atoms with Gasteiger partial charge in [0, 0.05) is 25.4 Å². The van der Waals surface area contributed by atoms with Gasteiger partial charge in [0.25, 0.3) is 0 Å². The molecule has 0 radical (unpaired) electrons. The van der Waals surface area contributed by atoms with Gasteiger partial charge >= 0.3 is 10.2 Å². The van der Waals surface area contributed by atoms with Gasteiger partial charge in [-0.2, -0.15) is 13.7 Å². The quantitative estimate of drug-likeness (QED) is 0.644. The van der Waals surface area contributed by atoms with Crippen LogP contribution in [0.1, 0.15) is 12.8 Å². The van der Waals surface area contributed by atoms with Crippen LogP contribution in [0.15, 0.2) is 0 Å². The third-order valence-electron chi connectivity index (χ3n) is 2.22. The normalized spacial score (nSPS) is 21.7. The summed E-state index contributed by atoms with van der Waals surface area (Å²) in [7, 11) is -4.52. The highest BCUT2D eigenvalue weighted by Crippen LogP contribution is 2.20. The average molecular weight is 234 g/mol. The summed E-state index contributed by atoms with van der Waals surface area (Å²) in [4.78, 5) is 12.7. The summed E-state index contributed by atoms with van der Waals surface area (Å²) in [5.74, 6) is -1.30.